The van der Waals surface area contributed by atoms with Crippen LogP contribution in [0.4, 0.5) is 0 Å². The average molecular weight is 309 g/mol. The zero-order valence-corrected chi connectivity index (χ0v) is 13.4. The van der Waals surface area contributed by atoms with E-state index in [4.69, 9.17) is 4.74 Å². The third-order valence-corrected chi connectivity index (χ3v) is 3.81. The molecule has 118 valence electrons. The first-order valence-corrected chi connectivity index (χ1v) is 7.49. The van der Waals surface area contributed by atoms with Crippen LogP contribution in [0.3, 0.4) is 0 Å². The van der Waals surface area contributed by atoms with Crippen LogP contribution < -0.4 is 4.74 Å². The molecule has 0 fully saturated rings. The highest BCUT2D eigenvalue weighted by Gasteiger charge is 2.21. The first-order valence-electron chi connectivity index (χ1n) is 7.49. The molecule has 1 N–H and O–H groups in total. The summed E-state index contributed by atoms with van der Waals surface area (Å²) in [6.45, 7) is 4.00. The summed E-state index contributed by atoms with van der Waals surface area (Å²) >= 11 is 0. The molecule has 3 rings (SSSR count). The van der Waals surface area contributed by atoms with Crippen molar-refractivity contribution in [3.63, 3.8) is 0 Å². The van der Waals surface area contributed by atoms with Gasteiger partial charge >= 0.3 is 0 Å². The van der Waals surface area contributed by atoms with Gasteiger partial charge in [-0.2, -0.15) is 5.10 Å². The summed E-state index contributed by atoms with van der Waals surface area (Å²) < 4.78 is 7.02. The minimum Gasteiger partial charge on any atom is -0.497 e. The van der Waals surface area contributed by atoms with E-state index < -0.39 is 0 Å². The average Bonchev–Trinajstić information content (AvgIpc) is 2.95. The molecule has 0 radical (unpaired) electrons. The van der Waals surface area contributed by atoms with Crippen molar-refractivity contribution in [3.05, 3.63) is 54.2 Å². The van der Waals surface area contributed by atoms with Crippen LogP contribution in [0.15, 0.2) is 53.8 Å². The summed E-state index contributed by atoms with van der Waals surface area (Å²) in [6, 6.07) is 13.6. The number of methoxy groups -OCH3 is 1. The normalized spacial score (nSPS) is 12.1. The second-order valence-corrected chi connectivity index (χ2v) is 5.62. The largest absolute Gasteiger partial charge is 0.497 e. The van der Waals surface area contributed by atoms with E-state index in [0.717, 1.165) is 28.1 Å². The molecule has 1 aromatic carbocycles. The molecule has 2 heterocycles. The smallest absolute Gasteiger partial charge is 0.118 e. The van der Waals surface area contributed by atoms with E-state index in [9.17, 15) is 5.21 Å². The monoisotopic (exact) mass is 309 g/mol. The molecule has 0 saturated heterocycles. The summed E-state index contributed by atoms with van der Waals surface area (Å²) in [7, 11) is 1.64. The maximum atomic E-state index is 9.51. The molecule has 5 nitrogen and oxygen atoms in total. The molecule has 5 heteroatoms. The second kappa shape index (κ2) is 6.12. The van der Waals surface area contributed by atoms with Gasteiger partial charge in [0.2, 0.25) is 0 Å². The molecule has 0 amide bonds. The molecule has 2 aromatic heterocycles. The molecule has 0 bridgehead atoms. The SMILES string of the molecule is COc1ccc(-c2nn3ccccc3c2/C(=N/O)C(C)C)cc1. The summed E-state index contributed by atoms with van der Waals surface area (Å²) in [5, 5.41) is 17.7. The molecular weight excluding hydrogens is 290 g/mol. The van der Waals surface area contributed by atoms with Gasteiger partial charge in [-0.15, -0.1) is 0 Å². The number of rotatable bonds is 4. The van der Waals surface area contributed by atoms with Crippen LogP contribution in [0.2, 0.25) is 0 Å². The Labute approximate surface area is 134 Å². The predicted molar refractivity (Wildman–Crippen MR) is 90.3 cm³/mol. The van der Waals surface area contributed by atoms with Gasteiger partial charge in [0.1, 0.15) is 11.4 Å². The van der Waals surface area contributed by atoms with Crippen molar-refractivity contribution in [3.8, 4) is 17.0 Å². The van der Waals surface area contributed by atoms with Gasteiger partial charge in [-0.1, -0.05) is 25.1 Å². The maximum absolute atomic E-state index is 9.51. The van der Waals surface area contributed by atoms with Crippen molar-refractivity contribution in [2.45, 2.75) is 13.8 Å². The van der Waals surface area contributed by atoms with Crippen molar-refractivity contribution in [1.82, 2.24) is 9.61 Å². The fourth-order valence-electron chi connectivity index (χ4n) is 2.66. The van der Waals surface area contributed by atoms with E-state index >= 15 is 0 Å². The Morgan fingerprint density at radius 2 is 1.91 bits per heavy atom. The quantitative estimate of drug-likeness (QED) is 0.452. The molecule has 23 heavy (non-hydrogen) atoms. The van der Waals surface area contributed by atoms with Crippen LogP contribution in [0.25, 0.3) is 16.8 Å². The Balaban J connectivity index is 2.26. The Morgan fingerprint density at radius 1 is 1.17 bits per heavy atom. The predicted octanol–water partition coefficient (Wildman–Crippen LogP) is 3.84. The number of hydrogen-bond acceptors (Lipinski definition) is 4. The number of ether oxygens (including phenoxy) is 1. The van der Waals surface area contributed by atoms with Gasteiger partial charge < -0.3 is 9.94 Å². The Hall–Kier alpha value is -2.82. The van der Waals surface area contributed by atoms with Gasteiger partial charge in [-0.25, -0.2) is 4.52 Å². The number of fused-ring (bicyclic) bond motifs is 1. The van der Waals surface area contributed by atoms with E-state index in [2.05, 4.69) is 10.3 Å². The number of aromatic nitrogens is 2. The zero-order valence-electron chi connectivity index (χ0n) is 13.4. The number of hydrogen-bond donors (Lipinski definition) is 1. The highest BCUT2D eigenvalue weighted by atomic mass is 16.5. The summed E-state index contributed by atoms with van der Waals surface area (Å²) in [6.07, 6.45) is 1.89. The van der Waals surface area contributed by atoms with E-state index in [1.54, 1.807) is 7.11 Å². The molecule has 0 spiro atoms. The molecule has 0 aliphatic heterocycles. The first-order chi connectivity index (χ1) is 11.2. The Bertz CT molecular complexity index is 848. The zero-order chi connectivity index (χ0) is 16.4. The van der Waals surface area contributed by atoms with Crippen LogP contribution in [-0.2, 0) is 0 Å². The molecule has 3 aromatic rings. The summed E-state index contributed by atoms with van der Waals surface area (Å²) in [4.78, 5) is 0. The second-order valence-electron chi connectivity index (χ2n) is 5.62. The van der Waals surface area contributed by atoms with Crippen molar-refractivity contribution < 1.29 is 9.94 Å². The molecule has 0 atom stereocenters. The van der Waals surface area contributed by atoms with Crippen molar-refractivity contribution in [2.75, 3.05) is 7.11 Å². The first kappa shape index (κ1) is 15.1. The van der Waals surface area contributed by atoms with E-state index in [1.807, 2.05) is 67.0 Å². The van der Waals surface area contributed by atoms with E-state index in [1.165, 1.54) is 0 Å². The number of oxime groups is 1. The lowest BCUT2D eigenvalue weighted by Crippen LogP contribution is -2.10. The molecule has 0 saturated carbocycles. The lowest BCUT2D eigenvalue weighted by molar-refractivity contribution is 0.316. The van der Waals surface area contributed by atoms with Crippen molar-refractivity contribution in [2.24, 2.45) is 11.1 Å². The van der Waals surface area contributed by atoms with Gasteiger partial charge in [-0.3, -0.25) is 0 Å². The molecule has 0 aliphatic rings. The fourth-order valence-corrected chi connectivity index (χ4v) is 2.66. The maximum Gasteiger partial charge on any atom is 0.118 e. The minimum atomic E-state index is 0.0743. The number of nitrogens with zero attached hydrogens (tertiary/aromatic N) is 3. The highest BCUT2D eigenvalue weighted by molar-refractivity contribution is 6.11. The van der Waals surface area contributed by atoms with Gasteiger partial charge in [0.05, 0.1) is 23.9 Å². The molecule has 0 unspecified atom stereocenters. The fraction of sp³-hybridized carbons (Fsp3) is 0.222. The lowest BCUT2D eigenvalue weighted by atomic mass is 9.96. The third kappa shape index (κ3) is 2.65. The third-order valence-electron chi connectivity index (χ3n) is 3.81. The standard InChI is InChI=1S/C18H19N3O2/c1-12(2)17(20-22)16-15-6-4-5-11-21(15)19-18(16)13-7-9-14(23-3)10-8-13/h4-12,22H,1-3H3/b20-17+. The molecular formula is C18H19N3O2. The number of benzene rings is 1. The lowest BCUT2D eigenvalue weighted by Gasteiger charge is -2.09. The summed E-state index contributed by atoms with van der Waals surface area (Å²) in [5.41, 5.74) is 4.14. The van der Waals surface area contributed by atoms with Gasteiger partial charge in [0, 0.05) is 11.8 Å². The molecule has 0 aliphatic carbocycles. The van der Waals surface area contributed by atoms with Gasteiger partial charge in [0.25, 0.3) is 0 Å². The van der Waals surface area contributed by atoms with E-state index in [0.29, 0.717) is 5.71 Å². The van der Waals surface area contributed by atoms with Crippen molar-refractivity contribution in [1.29, 1.82) is 0 Å². The van der Waals surface area contributed by atoms with Crippen LogP contribution >= 0.6 is 0 Å². The summed E-state index contributed by atoms with van der Waals surface area (Å²) in [5.74, 6) is 0.865. The van der Waals surface area contributed by atoms with Crippen LogP contribution in [0.1, 0.15) is 19.4 Å². The van der Waals surface area contributed by atoms with Crippen molar-refractivity contribution >= 4 is 11.2 Å². The Morgan fingerprint density at radius 3 is 2.52 bits per heavy atom. The van der Waals surface area contributed by atoms with Crippen LogP contribution in [0.5, 0.6) is 5.75 Å². The Kier molecular flexibility index (Phi) is 4.02. The highest BCUT2D eigenvalue weighted by Crippen LogP contribution is 2.30. The van der Waals surface area contributed by atoms with E-state index in [-0.39, 0.29) is 5.92 Å². The minimum absolute atomic E-state index is 0.0743. The van der Waals surface area contributed by atoms with Gasteiger partial charge in [0.15, 0.2) is 0 Å². The van der Waals surface area contributed by atoms with Gasteiger partial charge in [-0.05, 0) is 42.3 Å². The van der Waals surface area contributed by atoms with Crippen LogP contribution in [0, 0.1) is 5.92 Å². The topological polar surface area (TPSA) is 59.1 Å². The van der Waals surface area contributed by atoms with Crippen LogP contribution in [-0.4, -0.2) is 27.6 Å². The number of pyridine rings is 1.